The molecule has 2 heterocycles. The number of ether oxygens (including phenoxy) is 1. The van der Waals surface area contributed by atoms with Gasteiger partial charge in [0.25, 0.3) is 10.0 Å². The van der Waals surface area contributed by atoms with E-state index in [-0.39, 0.29) is 48.3 Å². The van der Waals surface area contributed by atoms with Gasteiger partial charge in [0, 0.05) is 30.6 Å². The van der Waals surface area contributed by atoms with Crippen molar-refractivity contribution in [2.45, 2.75) is 31.0 Å². The van der Waals surface area contributed by atoms with Crippen molar-refractivity contribution in [2.24, 2.45) is 0 Å². The maximum absolute atomic E-state index is 13.4. The molecule has 7 nitrogen and oxygen atoms in total. The minimum absolute atomic E-state index is 0.0360. The third kappa shape index (κ3) is 4.99. The standard InChI is InChI=1S/C22H24F2N2O5S2/c1-4-26(5-2)33(29,30)22-20(21(28)31-3)15-10-11-25(13-18(15)32-22)19(27)9-7-14-6-8-16(23)17(24)12-14/h6-9,12H,4-5,10-11,13H2,1-3H3. The first kappa shape index (κ1) is 25.0. The van der Waals surface area contributed by atoms with E-state index in [2.05, 4.69) is 0 Å². The van der Waals surface area contributed by atoms with Crippen LogP contribution in [0.2, 0.25) is 0 Å². The second kappa shape index (κ2) is 10.1. The molecular weight excluding hydrogens is 474 g/mol. The predicted molar refractivity (Wildman–Crippen MR) is 120 cm³/mol. The second-order valence-electron chi connectivity index (χ2n) is 7.26. The summed E-state index contributed by atoms with van der Waals surface area (Å²) in [6, 6.07) is 3.31. The number of sulfonamides is 1. The van der Waals surface area contributed by atoms with Gasteiger partial charge in [-0.3, -0.25) is 4.79 Å². The number of rotatable bonds is 7. The maximum Gasteiger partial charge on any atom is 0.340 e. The normalized spacial score (nSPS) is 14.1. The molecule has 11 heteroatoms. The van der Waals surface area contributed by atoms with Crippen LogP contribution in [-0.4, -0.2) is 56.2 Å². The van der Waals surface area contributed by atoms with Gasteiger partial charge in [0.15, 0.2) is 11.6 Å². The lowest BCUT2D eigenvalue weighted by Gasteiger charge is -2.26. The maximum atomic E-state index is 13.4. The van der Waals surface area contributed by atoms with Crippen LogP contribution in [0.1, 0.15) is 40.2 Å². The van der Waals surface area contributed by atoms with Crippen molar-refractivity contribution in [1.82, 2.24) is 9.21 Å². The van der Waals surface area contributed by atoms with E-state index in [0.717, 1.165) is 23.5 Å². The summed E-state index contributed by atoms with van der Waals surface area (Å²) in [5.41, 5.74) is 0.941. The van der Waals surface area contributed by atoms with Crippen LogP contribution in [-0.2, 0) is 32.5 Å². The van der Waals surface area contributed by atoms with Crippen LogP contribution in [0.4, 0.5) is 8.78 Å². The number of esters is 1. The molecule has 0 atom stereocenters. The molecule has 3 rings (SSSR count). The highest BCUT2D eigenvalue weighted by Gasteiger charge is 2.36. The summed E-state index contributed by atoms with van der Waals surface area (Å²) < 4.78 is 58.8. The number of nitrogens with zero attached hydrogens (tertiary/aromatic N) is 2. The van der Waals surface area contributed by atoms with Crippen molar-refractivity contribution < 1.29 is 31.5 Å². The van der Waals surface area contributed by atoms with Crippen molar-refractivity contribution in [3.8, 4) is 0 Å². The molecule has 1 amide bonds. The zero-order valence-electron chi connectivity index (χ0n) is 18.4. The molecule has 33 heavy (non-hydrogen) atoms. The average molecular weight is 499 g/mol. The van der Waals surface area contributed by atoms with Gasteiger partial charge in [0.1, 0.15) is 4.21 Å². The lowest BCUT2D eigenvalue weighted by atomic mass is 10.0. The Hall–Kier alpha value is -2.63. The van der Waals surface area contributed by atoms with Crippen LogP contribution in [0.5, 0.6) is 0 Å². The number of hydrogen-bond donors (Lipinski definition) is 0. The summed E-state index contributed by atoms with van der Waals surface area (Å²) in [5.74, 6) is -3.08. The number of methoxy groups -OCH3 is 1. The molecule has 1 aromatic carbocycles. The Balaban J connectivity index is 1.90. The SMILES string of the molecule is CCN(CC)S(=O)(=O)c1sc2c(c1C(=O)OC)CCN(C(=O)C=Cc1ccc(F)c(F)c1)C2. The van der Waals surface area contributed by atoms with Crippen molar-refractivity contribution >= 4 is 39.3 Å². The van der Waals surface area contributed by atoms with Crippen LogP contribution < -0.4 is 0 Å². The average Bonchev–Trinajstić information content (AvgIpc) is 3.19. The first-order chi connectivity index (χ1) is 15.6. The molecule has 0 unspecified atom stereocenters. The van der Waals surface area contributed by atoms with Crippen LogP contribution in [0, 0.1) is 11.6 Å². The van der Waals surface area contributed by atoms with Gasteiger partial charge in [0.2, 0.25) is 5.91 Å². The summed E-state index contributed by atoms with van der Waals surface area (Å²) in [6.07, 6.45) is 2.92. The number of carbonyl (C=O) groups is 2. The van der Waals surface area contributed by atoms with E-state index in [4.69, 9.17) is 4.74 Å². The Morgan fingerprint density at radius 1 is 1.21 bits per heavy atom. The molecule has 1 aliphatic rings. The lowest BCUT2D eigenvalue weighted by molar-refractivity contribution is -0.126. The van der Waals surface area contributed by atoms with Crippen LogP contribution in [0.3, 0.4) is 0 Å². The molecular formula is C22H24F2N2O5S2. The minimum atomic E-state index is -3.91. The van der Waals surface area contributed by atoms with Gasteiger partial charge in [-0.2, -0.15) is 4.31 Å². The Labute approximate surface area is 195 Å². The van der Waals surface area contributed by atoms with E-state index in [1.165, 1.54) is 34.5 Å². The fraction of sp³-hybridized carbons (Fsp3) is 0.364. The minimum Gasteiger partial charge on any atom is -0.465 e. The molecule has 1 aliphatic heterocycles. The molecule has 0 spiro atoms. The summed E-state index contributed by atoms with van der Waals surface area (Å²) in [6.45, 7) is 4.32. The highest BCUT2D eigenvalue weighted by Crippen LogP contribution is 2.38. The van der Waals surface area contributed by atoms with E-state index in [9.17, 15) is 26.8 Å². The van der Waals surface area contributed by atoms with E-state index in [1.807, 2.05) is 0 Å². The number of hydrogen-bond acceptors (Lipinski definition) is 6. The topological polar surface area (TPSA) is 84.0 Å². The molecule has 0 fully saturated rings. The van der Waals surface area contributed by atoms with E-state index < -0.39 is 27.6 Å². The number of thiophene rings is 1. The first-order valence-corrected chi connectivity index (χ1v) is 12.5. The van der Waals surface area contributed by atoms with Gasteiger partial charge in [-0.25, -0.2) is 22.0 Å². The zero-order chi connectivity index (χ0) is 24.3. The molecule has 0 N–H and O–H groups in total. The number of halogens is 2. The van der Waals surface area contributed by atoms with Gasteiger partial charge in [-0.15, -0.1) is 11.3 Å². The van der Waals surface area contributed by atoms with Crippen molar-refractivity contribution in [3.05, 3.63) is 57.5 Å². The highest BCUT2D eigenvalue weighted by atomic mass is 32.2. The van der Waals surface area contributed by atoms with Gasteiger partial charge < -0.3 is 9.64 Å². The fourth-order valence-corrected chi connectivity index (χ4v) is 7.12. The Kier molecular flexibility index (Phi) is 7.65. The van der Waals surface area contributed by atoms with Crippen LogP contribution in [0.15, 0.2) is 28.5 Å². The first-order valence-electron chi connectivity index (χ1n) is 10.3. The highest BCUT2D eigenvalue weighted by molar-refractivity contribution is 7.91. The van der Waals surface area contributed by atoms with E-state index in [0.29, 0.717) is 16.0 Å². The van der Waals surface area contributed by atoms with Gasteiger partial charge >= 0.3 is 5.97 Å². The van der Waals surface area contributed by atoms with Crippen LogP contribution in [0.25, 0.3) is 6.08 Å². The molecule has 0 bridgehead atoms. The smallest absolute Gasteiger partial charge is 0.340 e. The lowest BCUT2D eigenvalue weighted by Crippen LogP contribution is -2.34. The molecule has 0 aliphatic carbocycles. The number of benzene rings is 1. The number of carbonyl (C=O) groups excluding carboxylic acids is 2. The van der Waals surface area contributed by atoms with E-state index in [1.54, 1.807) is 13.8 Å². The van der Waals surface area contributed by atoms with Crippen molar-refractivity contribution in [1.29, 1.82) is 0 Å². The van der Waals surface area contributed by atoms with Crippen molar-refractivity contribution in [3.63, 3.8) is 0 Å². The number of amides is 1. The molecule has 1 aromatic heterocycles. The molecule has 0 saturated heterocycles. The summed E-state index contributed by atoms with van der Waals surface area (Å²) in [7, 11) is -2.71. The summed E-state index contributed by atoms with van der Waals surface area (Å²) in [4.78, 5) is 27.3. The predicted octanol–water partition coefficient (Wildman–Crippen LogP) is 3.44. The molecule has 2 aromatic rings. The quantitative estimate of drug-likeness (QED) is 0.431. The van der Waals surface area contributed by atoms with Gasteiger partial charge in [-0.1, -0.05) is 19.9 Å². The van der Waals surface area contributed by atoms with E-state index >= 15 is 0 Å². The zero-order valence-corrected chi connectivity index (χ0v) is 20.1. The monoisotopic (exact) mass is 498 g/mol. The number of fused-ring (bicyclic) bond motifs is 1. The third-order valence-electron chi connectivity index (χ3n) is 5.37. The molecule has 178 valence electrons. The van der Waals surface area contributed by atoms with Crippen LogP contribution >= 0.6 is 11.3 Å². The summed E-state index contributed by atoms with van der Waals surface area (Å²) >= 11 is 0.971. The van der Waals surface area contributed by atoms with Crippen molar-refractivity contribution in [2.75, 3.05) is 26.7 Å². The molecule has 0 saturated carbocycles. The molecule has 0 radical (unpaired) electrons. The summed E-state index contributed by atoms with van der Waals surface area (Å²) in [5, 5.41) is 0. The fourth-order valence-electron chi connectivity index (χ4n) is 3.63. The largest absolute Gasteiger partial charge is 0.465 e. The Morgan fingerprint density at radius 2 is 1.91 bits per heavy atom. The Bertz CT molecular complexity index is 1200. The Morgan fingerprint density at radius 3 is 2.52 bits per heavy atom. The van der Waals surface area contributed by atoms with Gasteiger partial charge in [0.05, 0.1) is 19.2 Å². The van der Waals surface area contributed by atoms with Gasteiger partial charge in [-0.05, 0) is 35.8 Å². The third-order valence-corrected chi connectivity index (χ3v) is 9.13. The second-order valence-corrected chi connectivity index (χ2v) is 10.5.